The van der Waals surface area contributed by atoms with Crippen LogP contribution in [-0.4, -0.2) is 0 Å². The summed E-state index contributed by atoms with van der Waals surface area (Å²) in [5.41, 5.74) is 3.31. The maximum Gasteiger partial charge on any atom is 0.167 e. The predicted molar refractivity (Wildman–Crippen MR) is 71.8 cm³/mol. The Morgan fingerprint density at radius 2 is 1.74 bits per heavy atom. The van der Waals surface area contributed by atoms with Crippen LogP contribution in [0.1, 0.15) is 22.3 Å². The molecule has 0 fully saturated rings. The Balaban J connectivity index is 2.42. The van der Waals surface area contributed by atoms with Crippen LogP contribution in [0.4, 0.5) is 4.39 Å². The first kappa shape index (κ1) is 13.1. The van der Waals surface area contributed by atoms with Crippen LogP contribution >= 0.6 is 0 Å². The summed E-state index contributed by atoms with van der Waals surface area (Å²) in [7, 11) is 0. The first-order chi connectivity index (χ1) is 9.02. The van der Waals surface area contributed by atoms with E-state index in [-0.39, 0.29) is 11.3 Å². The van der Waals surface area contributed by atoms with E-state index in [0.29, 0.717) is 5.75 Å². The molecule has 0 aromatic heterocycles. The molecule has 0 bridgehead atoms. The first-order valence-electron chi connectivity index (χ1n) is 5.97. The average molecular weight is 255 g/mol. The lowest BCUT2D eigenvalue weighted by Gasteiger charge is -2.14. The van der Waals surface area contributed by atoms with E-state index in [1.807, 2.05) is 39.0 Å². The van der Waals surface area contributed by atoms with Crippen molar-refractivity contribution >= 4 is 0 Å². The molecule has 0 amide bonds. The van der Waals surface area contributed by atoms with Crippen molar-refractivity contribution in [3.63, 3.8) is 0 Å². The highest BCUT2D eigenvalue weighted by Gasteiger charge is 2.11. The van der Waals surface area contributed by atoms with Gasteiger partial charge in [0.2, 0.25) is 0 Å². The lowest BCUT2D eigenvalue weighted by molar-refractivity contribution is 0.436. The highest BCUT2D eigenvalue weighted by atomic mass is 19.1. The van der Waals surface area contributed by atoms with Crippen LogP contribution in [-0.2, 0) is 0 Å². The number of halogens is 1. The largest absolute Gasteiger partial charge is 0.454 e. The topological polar surface area (TPSA) is 33.0 Å². The summed E-state index contributed by atoms with van der Waals surface area (Å²) in [5.74, 6) is 0.277. The molecule has 2 aromatic rings. The molecule has 0 unspecified atom stereocenters. The Bertz CT molecular complexity index is 671. The fourth-order valence-electron chi connectivity index (χ4n) is 1.85. The fraction of sp³-hybridized carbons (Fsp3) is 0.188. The van der Waals surface area contributed by atoms with E-state index in [2.05, 4.69) is 0 Å². The standard InChI is InChI=1S/C16H14FNO/c1-10-4-5-11(2)16(12(10)3)19-15-7-6-13(9-18)8-14(15)17/h4-8H,1-3H3. The molecule has 0 spiro atoms. The van der Waals surface area contributed by atoms with Gasteiger partial charge in [0.25, 0.3) is 0 Å². The Morgan fingerprint density at radius 1 is 1.05 bits per heavy atom. The van der Waals surface area contributed by atoms with Crippen molar-refractivity contribution in [3.8, 4) is 17.6 Å². The zero-order chi connectivity index (χ0) is 14.0. The van der Waals surface area contributed by atoms with Gasteiger partial charge in [-0.1, -0.05) is 12.1 Å². The summed E-state index contributed by atoms with van der Waals surface area (Å²) in [6.07, 6.45) is 0. The van der Waals surface area contributed by atoms with Crippen molar-refractivity contribution in [1.29, 1.82) is 5.26 Å². The van der Waals surface area contributed by atoms with Crippen molar-refractivity contribution < 1.29 is 9.13 Å². The van der Waals surface area contributed by atoms with Crippen molar-refractivity contribution in [1.82, 2.24) is 0 Å². The lowest BCUT2D eigenvalue weighted by Crippen LogP contribution is -1.95. The molecule has 0 aliphatic rings. The Kier molecular flexibility index (Phi) is 3.52. The van der Waals surface area contributed by atoms with E-state index >= 15 is 0 Å². The third-order valence-electron chi connectivity index (χ3n) is 3.15. The van der Waals surface area contributed by atoms with Crippen LogP contribution in [0.15, 0.2) is 30.3 Å². The SMILES string of the molecule is Cc1ccc(C)c(Oc2ccc(C#N)cc2F)c1C. The lowest BCUT2D eigenvalue weighted by atomic mass is 10.1. The van der Waals surface area contributed by atoms with Gasteiger partial charge >= 0.3 is 0 Å². The van der Waals surface area contributed by atoms with E-state index in [0.717, 1.165) is 16.7 Å². The predicted octanol–water partition coefficient (Wildman–Crippen LogP) is 4.41. The van der Waals surface area contributed by atoms with Gasteiger partial charge in [0.05, 0.1) is 11.6 Å². The summed E-state index contributed by atoms with van der Waals surface area (Å²) >= 11 is 0. The van der Waals surface area contributed by atoms with Gasteiger partial charge in [-0.15, -0.1) is 0 Å². The Morgan fingerprint density at radius 3 is 2.37 bits per heavy atom. The van der Waals surface area contributed by atoms with Gasteiger partial charge in [-0.3, -0.25) is 0 Å². The molecular weight excluding hydrogens is 241 g/mol. The molecule has 0 aliphatic heterocycles. The van der Waals surface area contributed by atoms with Crippen LogP contribution in [0, 0.1) is 37.9 Å². The summed E-state index contributed by atoms with van der Waals surface area (Å²) in [6.45, 7) is 5.85. The molecule has 0 atom stereocenters. The number of rotatable bonds is 2. The Labute approximate surface area is 112 Å². The number of benzene rings is 2. The third-order valence-corrected chi connectivity index (χ3v) is 3.15. The van der Waals surface area contributed by atoms with Crippen LogP contribution < -0.4 is 4.74 Å². The summed E-state index contributed by atoms with van der Waals surface area (Å²) in [6, 6.07) is 10.0. The molecule has 0 aliphatic carbocycles. The van der Waals surface area contributed by atoms with Gasteiger partial charge in [-0.25, -0.2) is 4.39 Å². The molecule has 3 heteroatoms. The number of nitrogens with zero attached hydrogens (tertiary/aromatic N) is 1. The van der Waals surface area contributed by atoms with Gasteiger partial charge in [0, 0.05) is 0 Å². The smallest absolute Gasteiger partial charge is 0.167 e. The second kappa shape index (κ2) is 5.11. The molecule has 0 saturated heterocycles. The van der Waals surface area contributed by atoms with E-state index < -0.39 is 5.82 Å². The number of hydrogen-bond donors (Lipinski definition) is 0. The average Bonchev–Trinajstić information content (AvgIpc) is 2.40. The fourth-order valence-corrected chi connectivity index (χ4v) is 1.85. The van der Waals surface area contributed by atoms with Crippen molar-refractivity contribution in [2.45, 2.75) is 20.8 Å². The minimum absolute atomic E-state index is 0.135. The zero-order valence-electron chi connectivity index (χ0n) is 11.1. The van der Waals surface area contributed by atoms with Gasteiger partial charge in [-0.2, -0.15) is 5.26 Å². The highest BCUT2D eigenvalue weighted by molar-refractivity contribution is 5.47. The molecule has 0 radical (unpaired) electrons. The maximum atomic E-state index is 13.8. The minimum atomic E-state index is -0.528. The van der Waals surface area contributed by atoms with Crippen LogP contribution in [0.5, 0.6) is 11.5 Å². The van der Waals surface area contributed by atoms with E-state index in [9.17, 15) is 4.39 Å². The second-order valence-electron chi connectivity index (χ2n) is 4.51. The Hall–Kier alpha value is -2.34. The first-order valence-corrected chi connectivity index (χ1v) is 5.97. The normalized spacial score (nSPS) is 10.1. The quantitative estimate of drug-likeness (QED) is 0.796. The van der Waals surface area contributed by atoms with E-state index in [1.165, 1.54) is 12.1 Å². The van der Waals surface area contributed by atoms with E-state index in [4.69, 9.17) is 10.00 Å². The van der Waals surface area contributed by atoms with Crippen LogP contribution in [0.2, 0.25) is 0 Å². The van der Waals surface area contributed by atoms with Gasteiger partial charge in [0.15, 0.2) is 11.6 Å². The monoisotopic (exact) mass is 255 g/mol. The molecule has 96 valence electrons. The number of hydrogen-bond acceptors (Lipinski definition) is 2. The number of aryl methyl sites for hydroxylation is 2. The van der Waals surface area contributed by atoms with Crippen LogP contribution in [0.3, 0.4) is 0 Å². The van der Waals surface area contributed by atoms with Crippen molar-refractivity contribution in [3.05, 3.63) is 58.4 Å². The molecule has 2 aromatic carbocycles. The summed E-state index contributed by atoms with van der Waals surface area (Å²) < 4.78 is 19.5. The van der Waals surface area contributed by atoms with Crippen molar-refractivity contribution in [2.24, 2.45) is 0 Å². The van der Waals surface area contributed by atoms with Gasteiger partial charge < -0.3 is 4.74 Å². The molecule has 2 nitrogen and oxygen atoms in total. The molecular formula is C16H14FNO. The molecule has 2 rings (SSSR count). The number of nitriles is 1. The summed E-state index contributed by atoms with van der Waals surface area (Å²) in [5, 5.41) is 8.71. The zero-order valence-corrected chi connectivity index (χ0v) is 11.1. The van der Waals surface area contributed by atoms with Gasteiger partial charge in [-0.05, 0) is 55.7 Å². The molecule has 0 heterocycles. The maximum absolute atomic E-state index is 13.8. The van der Waals surface area contributed by atoms with Gasteiger partial charge in [0.1, 0.15) is 5.75 Å². The molecule has 0 saturated carbocycles. The minimum Gasteiger partial charge on any atom is -0.454 e. The third kappa shape index (κ3) is 2.58. The van der Waals surface area contributed by atoms with Crippen LogP contribution in [0.25, 0.3) is 0 Å². The highest BCUT2D eigenvalue weighted by Crippen LogP contribution is 2.32. The number of ether oxygens (including phenoxy) is 1. The van der Waals surface area contributed by atoms with Crippen molar-refractivity contribution in [2.75, 3.05) is 0 Å². The second-order valence-corrected chi connectivity index (χ2v) is 4.51. The van der Waals surface area contributed by atoms with E-state index in [1.54, 1.807) is 6.07 Å². The molecule has 0 N–H and O–H groups in total. The molecule has 19 heavy (non-hydrogen) atoms. The summed E-state index contributed by atoms with van der Waals surface area (Å²) in [4.78, 5) is 0.